The van der Waals surface area contributed by atoms with Crippen molar-refractivity contribution in [2.45, 2.75) is 6.10 Å². The van der Waals surface area contributed by atoms with E-state index in [9.17, 15) is 14.3 Å². The van der Waals surface area contributed by atoms with Crippen LogP contribution in [0.25, 0.3) is 0 Å². The van der Waals surface area contributed by atoms with Gasteiger partial charge in [0.2, 0.25) is 0 Å². The maximum atomic E-state index is 9.61. The van der Waals surface area contributed by atoms with E-state index >= 15 is 0 Å². The highest BCUT2D eigenvalue weighted by Crippen LogP contribution is 2.07. The lowest BCUT2D eigenvalue weighted by atomic mass is 10.4. The van der Waals surface area contributed by atoms with Crippen LogP contribution in [0.15, 0.2) is 0 Å². The average molecular weight is 152 g/mol. The molecule has 0 aliphatic carbocycles. The van der Waals surface area contributed by atoms with E-state index in [1.54, 1.807) is 0 Å². The molecule has 0 heterocycles. The summed E-state index contributed by atoms with van der Waals surface area (Å²) in [5.74, 6) is 0. The molecule has 9 heavy (non-hydrogen) atoms. The van der Waals surface area contributed by atoms with Gasteiger partial charge in [-0.1, -0.05) is 0 Å². The lowest BCUT2D eigenvalue weighted by molar-refractivity contribution is -0.187. The molecule has 2 atom stereocenters. The second-order valence-electron chi connectivity index (χ2n) is 1.22. The summed E-state index contributed by atoms with van der Waals surface area (Å²) in [6, 6.07) is 0. The monoisotopic (exact) mass is 152 g/mol. The number of hydrogen-bond acceptors (Lipinski definition) is 5. The van der Waals surface area contributed by atoms with Gasteiger partial charge in [-0.2, -0.15) is 0 Å². The Labute approximate surface area is 52.2 Å². The molecular formula is C3H5O5P. The lowest BCUT2D eigenvalue weighted by Gasteiger charge is -1.93. The van der Waals surface area contributed by atoms with Gasteiger partial charge in [0, 0.05) is 0 Å². The fourth-order valence-corrected chi connectivity index (χ4v) is 0.451. The number of aliphatic hydroxyl groups excluding tert-OH is 1. The van der Waals surface area contributed by atoms with Crippen LogP contribution in [0.1, 0.15) is 0 Å². The van der Waals surface area contributed by atoms with Gasteiger partial charge >= 0.3 is 8.25 Å². The molecule has 0 aromatic rings. The summed E-state index contributed by atoms with van der Waals surface area (Å²) in [6.45, 7) is -0.498. The predicted molar refractivity (Wildman–Crippen MR) is 25.6 cm³/mol. The van der Waals surface area contributed by atoms with Crippen molar-refractivity contribution >= 4 is 14.5 Å². The summed E-state index contributed by atoms with van der Waals surface area (Å²) >= 11 is 0. The minimum atomic E-state index is -2.96. The minimum Gasteiger partial charge on any atom is -0.566 e. The molecule has 0 radical (unpaired) electrons. The second kappa shape index (κ2) is 4.52. The molecule has 0 rings (SSSR count). The van der Waals surface area contributed by atoms with E-state index in [4.69, 9.17) is 5.11 Å². The third-order valence-corrected chi connectivity index (χ3v) is 0.868. The molecule has 1 N–H and O–H groups in total. The van der Waals surface area contributed by atoms with Gasteiger partial charge in [-0.3, -0.25) is 0 Å². The van der Waals surface area contributed by atoms with Crippen molar-refractivity contribution in [3.63, 3.8) is 0 Å². The summed E-state index contributed by atoms with van der Waals surface area (Å²) in [7, 11) is -2.96. The van der Waals surface area contributed by atoms with Gasteiger partial charge in [0.15, 0.2) is 6.29 Å². The number of carbonyl (C=O) groups excluding carboxylic acids is 1. The largest absolute Gasteiger partial charge is 0.566 e. The van der Waals surface area contributed by atoms with Crippen LogP contribution in [0, 0.1) is 0 Å². The molecule has 5 nitrogen and oxygen atoms in total. The van der Waals surface area contributed by atoms with Gasteiger partial charge in [-0.15, -0.1) is 4.52 Å². The lowest BCUT2D eigenvalue weighted by Crippen LogP contribution is -2.15. The zero-order chi connectivity index (χ0) is 7.28. The highest BCUT2D eigenvalue weighted by molar-refractivity contribution is 7.30. The molecule has 0 aromatic heterocycles. The zero-order valence-electron chi connectivity index (χ0n) is 4.39. The summed E-state index contributed by atoms with van der Waals surface area (Å²) in [5.41, 5.74) is 0. The van der Waals surface area contributed by atoms with Gasteiger partial charge in [0.05, 0.1) is 0 Å². The molecule has 0 amide bonds. The zero-order valence-corrected chi connectivity index (χ0v) is 5.28. The molecule has 0 bridgehead atoms. The first kappa shape index (κ1) is 8.65. The van der Waals surface area contributed by atoms with Gasteiger partial charge in [0.1, 0.15) is 12.7 Å². The Kier molecular flexibility index (Phi) is 4.35. The summed E-state index contributed by atoms with van der Waals surface area (Å²) in [5, 5.41) is 8.35. The Morgan fingerprint density at radius 1 is 1.89 bits per heavy atom. The Bertz CT molecular complexity index is 113. The summed E-state index contributed by atoms with van der Waals surface area (Å²) in [4.78, 5) is 19.2. The van der Waals surface area contributed by atoms with Gasteiger partial charge in [-0.25, -0.2) is 0 Å². The molecule has 0 aromatic carbocycles. The van der Waals surface area contributed by atoms with E-state index in [1.165, 1.54) is 0 Å². The Balaban J connectivity index is 3.26. The quantitative estimate of drug-likeness (QED) is 0.394. The van der Waals surface area contributed by atoms with E-state index in [0.29, 0.717) is 0 Å². The van der Waals surface area contributed by atoms with Gasteiger partial charge in [0.25, 0.3) is 0 Å². The fourth-order valence-electron chi connectivity index (χ4n) is 0.177. The first-order valence-electron chi connectivity index (χ1n) is 2.07. The van der Waals surface area contributed by atoms with E-state index < -0.39 is 21.0 Å². The molecule has 0 spiro atoms. The van der Waals surface area contributed by atoms with Crippen molar-refractivity contribution < 1.29 is 23.9 Å². The van der Waals surface area contributed by atoms with Gasteiger partial charge < -0.3 is 14.8 Å². The summed E-state index contributed by atoms with van der Waals surface area (Å²) in [6.07, 6.45) is -1.16. The Morgan fingerprint density at radius 3 is 2.78 bits per heavy atom. The SMILES string of the molecule is O=CC(O)CO[P+](=O)[O-]. The molecular weight excluding hydrogens is 147 g/mol. The Morgan fingerprint density at radius 2 is 2.44 bits per heavy atom. The number of aliphatic hydroxyl groups is 1. The van der Waals surface area contributed by atoms with Crippen LogP contribution in [0.3, 0.4) is 0 Å². The van der Waals surface area contributed by atoms with E-state index in [0.717, 1.165) is 0 Å². The first-order valence-corrected chi connectivity index (χ1v) is 3.17. The van der Waals surface area contributed by atoms with E-state index in [-0.39, 0.29) is 6.29 Å². The maximum Gasteiger partial charge on any atom is 0.488 e. The van der Waals surface area contributed by atoms with Crippen molar-refractivity contribution in [3.05, 3.63) is 0 Å². The molecule has 6 heteroatoms. The third kappa shape index (κ3) is 5.52. The van der Waals surface area contributed by atoms with Crippen molar-refractivity contribution in [1.29, 1.82) is 0 Å². The third-order valence-electron chi connectivity index (χ3n) is 0.508. The standard InChI is InChI=1S/C3H5O5P/c4-1-3(5)2-8-9(6)7/h1,3,5H,2H2. The number of aldehydes is 1. The highest BCUT2D eigenvalue weighted by Gasteiger charge is 2.07. The van der Waals surface area contributed by atoms with Crippen molar-refractivity contribution in [1.82, 2.24) is 0 Å². The van der Waals surface area contributed by atoms with Crippen LogP contribution in [-0.2, 0) is 13.9 Å². The number of hydrogen-bond donors (Lipinski definition) is 1. The summed E-state index contributed by atoms with van der Waals surface area (Å²) < 4.78 is 13.5. The van der Waals surface area contributed by atoms with Crippen LogP contribution >= 0.6 is 8.25 Å². The molecule has 0 aliphatic heterocycles. The molecule has 0 saturated heterocycles. The topological polar surface area (TPSA) is 86.7 Å². The van der Waals surface area contributed by atoms with E-state index in [1.807, 2.05) is 0 Å². The fraction of sp³-hybridized carbons (Fsp3) is 0.667. The van der Waals surface area contributed by atoms with Crippen molar-refractivity contribution in [2.24, 2.45) is 0 Å². The normalized spacial score (nSPS) is 14.7. The van der Waals surface area contributed by atoms with Crippen LogP contribution in [-0.4, -0.2) is 24.1 Å². The molecule has 0 fully saturated rings. The van der Waals surface area contributed by atoms with Crippen LogP contribution < -0.4 is 4.89 Å². The molecule has 52 valence electrons. The Hall–Kier alpha value is -0.350. The van der Waals surface area contributed by atoms with Crippen molar-refractivity contribution in [3.8, 4) is 0 Å². The molecule has 2 unspecified atom stereocenters. The van der Waals surface area contributed by atoms with Crippen LogP contribution in [0.4, 0.5) is 0 Å². The molecule has 0 saturated carbocycles. The number of carbonyl (C=O) groups is 1. The minimum absolute atomic E-state index is 0.193. The van der Waals surface area contributed by atoms with E-state index in [2.05, 4.69) is 4.52 Å². The van der Waals surface area contributed by atoms with Crippen LogP contribution in [0.5, 0.6) is 0 Å². The van der Waals surface area contributed by atoms with Gasteiger partial charge in [-0.05, 0) is 4.57 Å². The maximum absolute atomic E-state index is 9.61. The smallest absolute Gasteiger partial charge is 0.488 e. The predicted octanol–water partition coefficient (Wildman–Crippen LogP) is -1.42. The highest BCUT2D eigenvalue weighted by atomic mass is 31.1. The molecule has 0 aliphatic rings. The van der Waals surface area contributed by atoms with Crippen molar-refractivity contribution in [2.75, 3.05) is 6.61 Å². The average Bonchev–Trinajstić information content (AvgIpc) is 1.83. The number of rotatable bonds is 4. The van der Waals surface area contributed by atoms with Crippen LogP contribution in [0.2, 0.25) is 0 Å². The second-order valence-corrected chi connectivity index (χ2v) is 1.93. The first-order chi connectivity index (χ1) is 4.16.